The number of esters is 1. The van der Waals surface area contributed by atoms with Crippen LogP contribution < -0.4 is 4.74 Å². The molecule has 0 spiro atoms. The summed E-state index contributed by atoms with van der Waals surface area (Å²) in [5, 5.41) is 9.79. The number of benzene rings is 2. The molecule has 92 valence electrons. The van der Waals surface area contributed by atoms with Crippen LogP contribution in [0.3, 0.4) is 0 Å². The molecule has 0 aliphatic rings. The zero-order valence-corrected chi connectivity index (χ0v) is 9.44. The fraction of sp³-hybridized carbons (Fsp3) is 0.0769. The van der Waals surface area contributed by atoms with Crippen LogP contribution in [0.1, 0.15) is 17.3 Å². The summed E-state index contributed by atoms with van der Waals surface area (Å²) in [6, 6.07) is 6.41. The number of rotatable bonds is 2. The zero-order chi connectivity index (χ0) is 13.3. The first-order valence-corrected chi connectivity index (χ1v) is 5.12. The van der Waals surface area contributed by atoms with Gasteiger partial charge < -0.3 is 9.84 Å². The Kier molecular flexibility index (Phi) is 2.97. The average Bonchev–Trinajstić information content (AvgIpc) is 2.27. The lowest BCUT2D eigenvalue weighted by Gasteiger charge is -2.08. The molecule has 1 N–H and O–H groups in total. The van der Waals surface area contributed by atoms with E-state index in [-0.39, 0.29) is 11.3 Å². The highest BCUT2D eigenvalue weighted by Crippen LogP contribution is 2.28. The van der Waals surface area contributed by atoms with Gasteiger partial charge in [-0.15, -0.1) is 0 Å². The summed E-state index contributed by atoms with van der Waals surface area (Å²) in [5.74, 6) is -2.12. The van der Waals surface area contributed by atoms with E-state index in [1.54, 1.807) is 0 Å². The van der Waals surface area contributed by atoms with E-state index >= 15 is 0 Å². The predicted octanol–water partition coefficient (Wildman–Crippen LogP) is 2.60. The Morgan fingerprint density at radius 1 is 1.22 bits per heavy atom. The van der Waals surface area contributed by atoms with Crippen LogP contribution in [-0.4, -0.2) is 17.0 Å². The van der Waals surface area contributed by atoms with E-state index in [9.17, 15) is 14.0 Å². The van der Waals surface area contributed by atoms with Gasteiger partial charge in [0.25, 0.3) is 0 Å². The number of carboxylic acid groups (broad SMARTS) is 1. The molecule has 0 aromatic heterocycles. The van der Waals surface area contributed by atoms with Gasteiger partial charge in [0, 0.05) is 12.3 Å². The molecule has 0 saturated carbocycles. The minimum Gasteiger partial charge on any atom is -0.478 e. The SMILES string of the molecule is CC(=O)Oc1cc(C(=O)O)cc2cc(F)ccc12. The van der Waals surface area contributed by atoms with E-state index in [2.05, 4.69) is 0 Å². The van der Waals surface area contributed by atoms with E-state index in [1.807, 2.05) is 0 Å². The highest BCUT2D eigenvalue weighted by Gasteiger charge is 2.12. The zero-order valence-electron chi connectivity index (χ0n) is 9.44. The smallest absolute Gasteiger partial charge is 0.335 e. The number of carbonyl (C=O) groups is 2. The quantitative estimate of drug-likeness (QED) is 0.655. The van der Waals surface area contributed by atoms with Gasteiger partial charge in [-0.1, -0.05) is 0 Å². The highest BCUT2D eigenvalue weighted by atomic mass is 19.1. The third-order valence-electron chi connectivity index (χ3n) is 2.38. The Hall–Kier alpha value is -2.43. The number of fused-ring (bicyclic) bond motifs is 1. The van der Waals surface area contributed by atoms with Crippen LogP contribution in [0.4, 0.5) is 4.39 Å². The molecule has 5 heteroatoms. The van der Waals surface area contributed by atoms with E-state index in [4.69, 9.17) is 9.84 Å². The largest absolute Gasteiger partial charge is 0.478 e. The average molecular weight is 248 g/mol. The van der Waals surface area contributed by atoms with Gasteiger partial charge in [-0.3, -0.25) is 4.79 Å². The third kappa shape index (κ3) is 2.29. The van der Waals surface area contributed by atoms with Gasteiger partial charge in [-0.2, -0.15) is 0 Å². The maximum absolute atomic E-state index is 13.1. The van der Waals surface area contributed by atoms with Crippen molar-refractivity contribution in [2.45, 2.75) is 6.92 Å². The van der Waals surface area contributed by atoms with Gasteiger partial charge in [0.2, 0.25) is 0 Å². The number of halogens is 1. The predicted molar refractivity (Wildman–Crippen MR) is 62.2 cm³/mol. The number of carboxylic acids is 1. The van der Waals surface area contributed by atoms with Crippen LogP contribution in [0, 0.1) is 5.82 Å². The molecule has 0 fully saturated rings. The van der Waals surface area contributed by atoms with Crippen molar-refractivity contribution in [1.82, 2.24) is 0 Å². The molecule has 0 atom stereocenters. The van der Waals surface area contributed by atoms with Crippen molar-refractivity contribution in [1.29, 1.82) is 0 Å². The summed E-state index contributed by atoms with van der Waals surface area (Å²) in [4.78, 5) is 21.9. The standard InChI is InChI=1S/C13H9FO4/c1-7(15)18-12-6-9(13(16)17)4-8-5-10(14)2-3-11(8)12/h2-6H,1H3,(H,16,17). The Balaban J connectivity index is 2.72. The molecule has 0 aliphatic carbocycles. The topological polar surface area (TPSA) is 63.6 Å². The van der Waals surface area contributed by atoms with E-state index in [0.717, 1.165) is 0 Å². The first-order valence-electron chi connectivity index (χ1n) is 5.12. The van der Waals surface area contributed by atoms with E-state index < -0.39 is 17.8 Å². The third-order valence-corrected chi connectivity index (χ3v) is 2.38. The number of hydrogen-bond acceptors (Lipinski definition) is 3. The Labute approximate surface area is 102 Å². The minimum atomic E-state index is -1.17. The lowest BCUT2D eigenvalue weighted by molar-refractivity contribution is -0.131. The fourth-order valence-corrected chi connectivity index (χ4v) is 1.67. The molecule has 2 rings (SSSR count). The summed E-state index contributed by atoms with van der Waals surface area (Å²) in [5.41, 5.74) is -0.0654. The summed E-state index contributed by atoms with van der Waals surface area (Å²) < 4.78 is 18.0. The normalized spacial score (nSPS) is 10.3. The molecule has 0 bridgehead atoms. The molecular weight excluding hydrogens is 239 g/mol. The van der Waals surface area contributed by atoms with Gasteiger partial charge in [0.15, 0.2) is 0 Å². The number of aromatic carboxylic acids is 1. The van der Waals surface area contributed by atoms with Crippen LogP contribution in [0.2, 0.25) is 0 Å². The lowest BCUT2D eigenvalue weighted by Crippen LogP contribution is -2.04. The molecule has 0 radical (unpaired) electrons. The minimum absolute atomic E-state index is 0.0654. The van der Waals surface area contributed by atoms with Crippen LogP contribution in [0.5, 0.6) is 5.75 Å². The molecule has 0 heterocycles. The monoisotopic (exact) mass is 248 g/mol. The van der Waals surface area contributed by atoms with Gasteiger partial charge in [-0.05, 0) is 35.7 Å². The maximum Gasteiger partial charge on any atom is 0.335 e. The van der Waals surface area contributed by atoms with Crippen molar-refractivity contribution in [3.63, 3.8) is 0 Å². The van der Waals surface area contributed by atoms with Crippen LogP contribution in [0.25, 0.3) is 10.8 Å². The summed E-state index contributed by atoms with van der Waals surface area (Å²) in [7, 11) is 0. The van der Waals surface area contributed by atoms with Crippen molar-refractivity contribution in [3.8, 4) is 5.75 Å². The lowest BCUT2D eigenvalue weighted by atomic mass is 10.1. The molecule has 4 nitrogen and oxygen atoms in total. The van der Waals surface area contributed by atoms with E-state index in [1.165, 1.54) is 37.3 Å². The van der Waals surface area contributed by atoms with Gasteiger partial charge >= 0.3 is 11.9 Å². The van der Waals surface area contributed by atoms with Crippen LogP contribution >= 0.6 is 0 Å². The van der Waals surface area contributed by atoms with Gasteiger partial charge in [0.1, 0.15) is 11.6 Å². The molecule has 0 saturated heterocycles. The first kappa shape index (κ1) is 12.0. The second kappa shape index (κ2) is 4.44. The Morgan fingerprint density at radius 3 is 2.56 bits per heavy atom. The first-order chi connectivity index (χ1) is 8.47. The summed E-state index contributed by atoms with van der Waals surface area (Å²) in [6.07, 6.45) is 0. The molecule has 18 heavy (non-hydrogen) atoms. The molecular formula is C13H9FO4. The van der Waals surface area contributed by atoms with Gasteiger partial charge in [-0.25, -0.2) is 9.18 Å². The molecule has 0 unspecified atom stereocenters. The summed E-state index contributed by atoms with van der Waals surface area (Å²) >= 11 is 0. The highest BCUT2D eigenvalue weighted by molar-refractivity contribution is 5.98. The molecule has 2 aromatic carbocycles. The summed E-state index contributed by atoms with van der Waals surface area (Å²) in [6.45, 7) is 1.21. The van der Waals surface area contributed by atoms with Crippen molar-refractivity contribution in [2.24, 2.45) is 0 Å². The van der Waals surface area contributed by atoms with Crippen LogP contribution in [0.15, 0.2) is 30.3 Å². The van der Waals surface area contributed by atoms with Crippen molar-refractivity contribution in [3.05, 3.63) is 41.7 Å². The number of carbonyl (C=O) groups excluding carboxylic acids is 1. The Morgan fingerprint density at radius 2 is 1.94 bits per heavy atom. The molecule has 0 amide bonds. The maximum atomic E-state index is 13.1. The number of ether oxygens (including phenoxy) is 1. The molecule has 2 aromatic rings. The molecule has 0 aliphatic heterocycles. The second-order valence-corrected chi connectivity index (χ2v) is 3.74. The fourth-order valence-electron chi connectivity index (χ4n) is 1.67. The number of hydrogen-bond donors (Lipinski definition) is 1. The van der Waals surface area contributed by atoms with Crippen LogP contribution in [-0.2, 0) is 4.79 Å². The second-order valence-electron chi connectivity index (χ2n) is 3.74. The van der Waals surface area contributed by atoms with Crippen molar-refractivity contribution >= 4 is 22.7 Å². The van der Waals surface area contributed by atoms with E-state index in [0.29, 0.717) is 10.8 Å². The van der Waals surface area contributed by atoms with Crippen molar-refractivity contribution < 1.29 is 23.8 Å². The van der Waals surface area contributed by atoms with Crippen molar-refractivity contribution in [2.75, 3.05) is 0 Å². The Bertz CT molecular complexity index is 649. The van der Waals surface area contributed by atoms with Gasteiger partial charge in [0.05, 0.1) is 5.56 Å².